The zero-order valence-electron chi connectivity index (χ0n) is 15.6. The first-order chi connectivity index (χ1) is 13.0. The fourth-order valence-corrected chi connectivity index (χ4v) is 2.48. The van der Waals surface area contributed by atoms with Crippen LogP contribution in [0.2, 0.25) is 0 Å². The molecule has 2 aromatic rings. The van der Waals surface area contributed by atoms with Crippen molar-refractivity contribution in [1.29, 1.82) is 0 Å². The zero-order chi connectivity index (χ0) is 19.6. The Kier molecular flexibility index (Phi) is 7.67. The highest BCUT2D eigenvalue weighted by molar-refractivity contribution is 5.79. The SMILES string of the molecule is COc1cc(CCNC(=O)CCC(=O)[O-])ccc1OCc1ccc(C)cc1. The average Bonchev–Trinajstić information content (AvgIpc) is 2.66. The molecule has 144 valence electrons. The molecule has 6 nitrogen and oxygen atoms in total. The van der Waals surface area contributed by atoms with Gasteiger partial charge in [0.2, 0.25) is 5.91 Å². The van der Waals surface area contributed by atoms with Crippen LogP contribution in [-0.2, 0) is 22.6 Å². The second-order valence-corrected chi connectivity index (χ2v) is 6.23. The largest absolute Gasteiger partial charge is 0.550 e. The fraction of sp³-hybridized carbons (Fsp3) is 0.333. The molecule has 0 spiro atoms. The van der Waals surface area contributed by atoms with Gasteiger partial charge in [-0.3, -0.25) is 4.79 Å². The van der Waals surface area contributed by atoms with Crippen LogP contribution in [0.15, 0.2) is 42.5 Å². The molecule has 2 aromatic carbocycles. The number of carboxylic acid groups (broad SMARTS) is 1. The molecule has 0 saturated carbocycles. The van der Waals surface area contributed by atoms with E-state index in [-0.39, 0.29) is 18.7 Å². The Morgan fingerprint density at radius 2 is 1.70 bits per heavy atom. The van der Waals surface area contributed by atoms with Crippen molar-refractivity contribution in [3.05, 3.63) is 59.2 Å². The molecule has 0 unspecified atom stereocenters. The highest BCUT2D eigenvalue weighted by atomic mass is 16.5. The number of carbonyl (C=O) groups excluding carboxylic acids is 2. The van der Waals surface area contributed by atoms with Gasteiger partial charge < -0.3 is 24.7 Å². The van der Waals surface area contributed by atoms with Crippen molar-refractivity contribution in [2.75, 3.05) is 13.7 Å². The summed E-state index contributed by atoms with van der Waals surface area (Å²) in [5.74, 6) is -0.247. The van der Waals surface area contributed by atoms with E-state index in [0.717, 1.165) is 11.1 Å². The van der Waals surface area contributed by atoms with Gasteiger partial charge in [0, 0.05) is 18.9 Å². The van der Waals surface area contributed by atoms with Crippen LogP contribution in [0.4, 0.5) is 0 Å². The minimum absolute atomic E-state index is 0.0720. The van der Waals surface area contributed by atoms with Crippen LogP contribution in [-0.4, -0.2) is 25.5 Å². The molecule has 0 radical (unpaired) electrons. The minimum atomic E-state index is -1.23. The third-order valence-corrected chi connectivity index (χ3v) is 4.04. The van der Waals surface area contributed by atoms with Gasteiger partial charge in [0.05, 0.1) is 7.11 Å². The van der Waals surface area contributed by atoms with Crippen LogP contribution >= 0.6 is 0 Å². The van der Waals surface area contributed by atoms with Crippen molar-refractivity contribution in [1.82, 2.24) is 5.32 Å². The first-order valence-electron chi connectivity index (χ1n) is 8.79. The monoisotopic (exact) mass is 370 g/mol. The molecule has 0 atom stereocenters. The van der Waals surface area contributed by atoms with Crippen molar-refractivity contribution in [2.24, 2.45) is 0 Å². The van der Waals surface area contributed by atoms with Crippen LogP contribution in [0, 0.1) is 6.92 Å². The van der Waals surface area contributed by atoms with Gasteiger partial charge >= 0.3 is 0 Å². The quantitative estimate of drug-likeness (QED) is 0.689. The highest BCUT2D eigenvalue weighted by Gasteiger charge is 2.07. The van der Waals surface area contributed by atoms with Crippen LogP contribution < -0.4 is 19.9 Å². The van der Waals surface area contributed by atoms with E-state index < -0.39 is 5.97 Å². The third kappa shape index (κ3) is 7.01. The lowest BCUT2D eigenvalue weighted by Gasteiger charge is -2.13. The summed E-state index contributed by atoms with van der Waals surface area (Å²) in [6, 6.07) is 13.8. The normalized spacial score (nSPS) is 10.3. The summed E-state index contributed by atoms with van der Waals surface area (Å²) < 4.78 is 11.3. The van der Waals surface area contributed by atoms with Gasteiger partial charge in [-0.2, -0.15) is 0 Å². The van der Waals surface area contributed by atoms with Crippen molar-refractivity contribution in [3.8, 4) is 11.5 Å². The molecule has 0 bridgehead atoms. The molecule has 0 saturated heterocycles. The Morgan fingerprint density at radius 3 is 2.37 bits per heavy atom. The molecule has 27 heavy (non-hydrogen) atoms. The lowest BCUT2D eigenvalue weighted by Crippen LogP contribution is -2.29. The van der Waals surface area contributed by atoms with Crippen LogP contribution in [0.3, 0.4) is 0 Å². The van der Waals surface area contributed by atoms with Gasteiger partial charge in [0.25, 0.3) is 0 Å². The van der Waals surface area contributed by atoms with E-state index in [2.05, 4.69) is 5.32 Å². The maximum atomic E-state index is 11.5. The van der Waals surface area contributed by atoms with Crippen LogP contribution in [0.5, 0.6) is 11.5 Å². The lowest BCUT2D eigenvalue weighted by atomic mass is 10.1. The van der Waals surface area contributed by atoms with E-state index >= 15 is 0 Å². The van der Waals surface area contributed by atoms with Crippen molar-refractivity contribution in [2.45, 2.75) is 32.8 Å². The Balaban J connectivity index is 1.86. The van der Waals surface area contributed by atoms with Crippen LogP contribution in [0.1, 0.15) is 29.5 Å². The van der Waals surface area contributed by atoms with E-state index in [4.69, 9.17) is 9.47 Å². The number of aliphatic carboxylic acids is 1. The molecule has 6 heteroatoms. The highest BCUT2D eigenvalue weighted by Crippen LogP contribution is 2.29. The topological polar surface area (TPSA) is 87.7 Å². The smallest absolute Gasteiger partial charge is 0.220 e. The number of aryl methyl sites for hydroxylation is 1. The van der Waals surface area contributed by atoms with Gasteiger partial charge in [-0.15, -0.1) is 0 Å². The number of rotatable bonds is 10. The molecule has 0 aliphatic rings. The average molecular weight is 370 g/mol. The summed E-state index contributed by atoms with van der Waals surface area (Å²) in [5, 5.41) is 13.0. The minimum Gasteiger partial charge on any atom is -0.550 e. The summed E-state index contributed by atoms with van der Waals surface area (Å²) in [5.41, 5.74) is 3.26. The molecule has 2 rings (SSSR count). The maximum absolute atomic E-state index is 11.5. The molecule has 1 N–H and O–H groups in total. The number of benzene rings is 2. The molecular formula is C21H24NO5-. The Bertz CT molecular complexity index is 771. The number of ether oxygens (including phenoxy) is 2. The molecule has 0 heterocycles. The van der Waals surface area contributed by atoms with Gasteiger partial charge in [-0.05, 0) is 43.0 Å². The van der Waals surface area contributed by atoms with Gasteiger partial charge in [-0.1, -0.05) is 35.9 Å². The van der Waals surface area contributed by atoms with Gasteiger partial charge in [-0.25, -0.2) is 0 Å². The summed E-state index contributed by atoms with van der Waals surface area (Å²) in [6.45, 7) is 2.90. The van der Waals surface area contributed by atoms with E-state index in [1.165, 1.54) is 5.56 Å². The van der Waals surface area contributed by atoms with Crippen molar-refractivity contribution < 1.29 is 24.2 Å². The Morgan fingerprint density at radius 1 is 1.00 bits per heavy atom. The molecule has 0 fully saturated rings. The van der Waals surface area contributed by atoms with Gasteiger partial charge in [0.15, 0.2) is 11.5 Å². The van der Waals surface area contributed by atoms with Gasteiger partial charge in [0.1, 0.15) is 6.61 Å². The molecule has 1 amide bonds. The molecule has 0 aliphatic carbocycles. The summed E-state index contributed by atoms with van der Waals surface area (Å²) in [4.78, 5) is 21.9. The number of carboxylic acids is 1. The number of hydrogen-bond acceptors (Lipinski definition) is 5. The fourth-order valence-electron chi connectivity index (χ4n) is 2.48. The van der Waals surface area contributed by atoms with E-state index in [1.807, 2.05) is 49.4 Å². The standard InChI is InChI=1S/C21H25NO5/c1-15-3-5-17(6-4-15)14-27-18-8-7-16(13-19(18)26-2)11-12-22-20(23)9-10-21(24)25/h3-8,13H,9-12,14H2,1-2H3,(H,22,23)(H,24,25)/p-1. The first-order valence-corrected chi connectivity index (χ1v) is 8.79. The first kappa shape index (κ1) is 20.3. The van der Waals surface area contributed by atoms with Crippen molar-refractivity contribution >= 4 is 11.9 Å². The summed E-state index contributed by atoms with van der Waals surface area (Å²) in [6.07, 6.45) is 0.260. The number of amides is 1. The van der Waals surface area contributed by atoms with Crippen molar-refractivity contribution in [3.63, 3.8) is 0 Å². The van der Waals surface area contributed by atoms with E-state index in [1.54, 1.807) is 7.11 Å². The van der Waals surface area contributed by atoms with E-state index in [9.17, 15) is 14.7 Å². The Labute approximate surface area is 159 Å². The molecule has 0 aliphatic heterocycles. The third-order valence-electron chi connectivity index (χ3n) is 4.04. The number of hydrogen-bond donors (Lipinski definition) is 1. The zero-order valence-corrected chi connectivity index (χ0v) is 15.6. The Hall–Kier alpha value is -3.02. The lowest BCUT2D eigenvalue weighted by molar-refractivity contribution is -0.305. The molecular weight excluding hydrogens is 346 g/mol. The van der Waals surface area contributed by atoms with Crippen LogP contribution in [0.25, 0.3) is 0 Å². The number of nitrogens with one attached hydrogen (secondary N) is 1. The molecule has 0 aromatic heterocycles. The maximum Gasteiger partial charge on any atom is 0.220 e. The number of carbonyl (C=O) groups is 2. The predicted octanol–water partition coefficient (Wildman–Crippen LogP) is 1.77. The predicted molar refractivity (Wildman–Crippen MR) is 99.5 cm³/mol. The second kappa shape index (κ2) is 10.2. The summed E-state index contributed by atoms with van der Waals surface area (Å²) >= 11 is 0. The summed E-state index contributed by atoms with van der Waals surface area (Å²) in [7, 11) is 1.58. The van der Waals surface area contributed by atoms with E-state index in [0.29, 0.717) is 31.1 Å². The second-order valence-electron chi connectivity index (χ2n) is 6.23. The number of methoxy groups -OCH3 is 1.